The Labute approximate surface area is 204 Å². The molecule has 5 rings (SSSR count). The molecule has 1 N–H and O–H groups in total. The van der Waals surface area contributed by atoms with Gasteiger partial charge in [-0.05, 0) is 43.3 Å². The van der Waals surface area contributed by atoms with Gasteiger partial charge in [0.2, 0.25) is 11.8 Å². The summed E-state index contributed by atoms with van der Waals surface area (Å²) >= 11 is 7.24. The molecule has 0 bridgehead atoms. The molecule has 5 aromatic rings. The molecule has 3 aromatic heterocycles. The first-order chi connectivity index (χ1) is 16.6. The smallest absolute Gasteiger partial charge is 0.277 e. The lowest BCUT2D eigenvalue weighted by Gasteiger charge is -2.09. The van der Waals surface area contributed by atoms with Crippen molar-refractivity contribution in [2.45, 2.75) is 23.9 Å². The SMILES string of the molecule is C[C@H](Sc1nnc(-c2cc(-c3ccc(Cl)cc3)nc3ccccc23)o1)C(=O)NCc1ccco1. The first kappa shape index (κ1) is 22.2. The molecule has 3 heterocycles. The van der Waals surface area contributed by atoms with Crippen molar-refractivity contribution in [3.05, 3.63) is 83.8 Å². The Morgan fingerprint density at radius 3 is 2.71 bits per heavy atom. The zero-order chi connectivity index (χ0) is 23.5. The van der Waals surface area contributed by atoms with Gasteiger partial charge in [0.15, 0.2) is 0 Å². The Hall–Kier alpha value is -3.62. The molecule has 1 amide bonds. The highest BCUT2D eigenvalue weighted by Crippen LogP contribution is 2.33. The largest absolute Gasteiger partial charge is 0.467 e. The van der Waals surface area contributed by atoms with Crippen LogP contribution in [0.2, 0.25) is 5.02 Å². The summed E-state index contributed by atoms with van der Waals surface area (Å²) in [6.07, 6.45) is 1.57. The molecule has 0 unspecified atom stereocenters. The van der Waals surface area contributed by atoms with Crippen LogP contribution in [-0.2, 0) is 11.3 Å². The lowest BCUT2D eigenvalue weighted by atomic mass is 10.0. The van der Waals surface area contributed by atoms with Crippen molar-refractivity contribution in [1.29, 1.82) is 0 Å². The molecule has 0 radical (unpaired) electrons. The topological polar surface area (TPSA) is 94.0 Å². The third kappa shape index (κ3) is 4.83. The Balaban J connectivity index is 1.39. The number of thioether (sulfide) groups is 1. The average Bonchev–Trinajstić information content (AvgIpc) is 3.54. The number of para-hydroxylation sites is 1. The number of hydrogen-bond acceptors (Lipinski definition) is 7. The Kier molecular flexibility index (Phi) is 6.33. The van der Waals surface area contributed by atoms with E-state index < -0.39 is 5.25 Å². The van der Waals surface area contributed by atoms with Gasteiger partial charge in [0.05, 0.1) is 34.8 Å². The number of aromatic nitrogens is 3. The summed E-state index contributed by atoms with van der Waals surface area (Å²) in [5.74, 6) is 0.895. The second-order valence-corrected chi connectivity index (χ2v) is 9.24. The number of nitrogens with one attached hydrogen (secondary N) is 1. The molecule has 0 aliphatic rings. The number of fused-ring (bicyclic) bond motifs is 1. The lowest BCUT2D eigenvalue weighted by molar-refractivity contribution is -0.120. The number of nitrogens with zero attached hydrogens (tertiary/aromatic N) is 3. The zero-order valence-electron chi connectivity index (χ0n) is 18.1. The molecule has 7 nitrogen and oxygen atoms in total. The second kappa shape index (κ2) is 9.70. The fourth-order valence-corrected chi connectivity index (χ4v) is 4.26. The molecule has 0 saturated carbocycles. The second-order valence-electron chi connectivity index (χ2n) is 7.51. The molecule has 9 heteroatoms. The van der Waals surface area contributed by atoms with Crippen LogP contribution >= 0.6 is 23.4 Å². The predicted octanol–water partition coefficient (Wildman–Crippen LogP) is 6.00. The van der Waals surface area contributed by atoms with Gasteiger partial charge >= 0.3 is 0 Å². The van der Waals surface area contributed by atoms with E-state index in [9.17, 15) is 4.79 Å². The third-order valence-electron chi connectivity index (χ3n) is 5.16. The fraction of sp³-hybridized carbons (Fsp3) is 0.120. The van der Waals surface area contributed by atoms with E-state index in [0.29, 0.717) is 28.4 Å². The van der Waals surface area contributed by atoms with Crippen molar-refractivity contribution in [1.82, 2.24) is 20.5 Å². The van der Waals surface area contributed by atoms with Gasteiger partial charge in [-0.25, -0.2) is 4.98 Å². The highest BCUT2D eigenvalue weighted by Gasteiger charge is 2.20. The van der Waals surface area contributed by atoms with Crippen molar-refractivity contribution in [2.24, 2.45) is 0 Å². The quantitative estimate of drug-likeness (QED) is 0.280. The molecule has 0 saturated heterocycles. The molecule has 0 fully saturated rings. The van der Waals surface area contributed by atoms with Crippen LogP contribution in [0.25, 0.3) is 33.6 Å². The van der Waals surface area contributed by atoms with Crippen LogP contribution in [-0.4, -0.2) is 26.3 Å². The number of hydrogen-bond donors (Lipinski definition) is 1. The normalized spacial score (nSPS) is 12.1. The van der Waals surface area contributed by atoms with Crippen molar-refractivity contribution in [2.75, 3.05) is 0 Å². The van der Waals surface area contributed by atoms with Gasteiger partial charge in [-0.3, -0.25) is 4.79 Å². The Morgan fingerprint density at radius 2 is 1.91 bits per heavy atom. The number of furan rings is 1. The number of halogens is 1. The summed E-state index contributed by atoms with van der Waals surface area (Å²) in [6, 6.07) is 20.8. The van der Waals surface area contributed by atoms with Gasteiger partial charge in [-0.15, -0.1) is 10.2 Å². The standard InChI is InChI=1S/C25H19ClN4O3S/c1-15(23(31)27-14-18-5-4-12-32-18)34-25-30-29-24(33-25)20-13-22(16-8-10-17(26)11-9-16)28-21-7-3-2-6-19(20)21/h2-13,15H,14H2,1H3,(H,27,31)/t15-/m0/s1. The first-order valence-corrected chi connectivity index (χ1v) is 11.8. The van der Waals surface area contributed by atoms with Crippen LogP contribution in [0.1, 0.15) is 12.7 Å². The zero-order valence-corrected chi connectivity index (χ0v) is 19.6. The Bertz CT molecular complexity index is 1430. The summed E-state index contributed by atoms with van der Waals surface area (Å²) in [5.41, 5.74) is 3.27. The molecule has 0 aliphatic heterocycles. The molecule has 170 valence electrons. The van der Waals surface area contributed by atoms with Gasteiger partial charge in [-0.2, -0.15) is 0 Å². The molecule has 0 spiro atoms. The minimum absolute atomic E-state index is 0.152. The number of rotatable bonds is 7. The predicted molar refractivity (Wildman–Crippen MR) is 131 cm³/mol. The van der Waals surface area contributed by atoms with Gasteiger partial charge in [0.25, 0.3) is 5.22 Å². The average molecular weight is 491 g/mol. The van der Waals surface area contributed by atoms with E-state index in [2.05, 4.69) is 15.5 Å². The summed E-state index contributed by atoms with van der Waals surface area (Å²) in [5, 5.41) is 12.7. The highest BCUT2D eigenvalue weighted by atomic mass is 35.5. The molecular weight excluding hydrogens is 472 g/mol. The van der Waals surface area contributed by atoms with Crippen LogP contribution in [0.5, 0.6) is 0 Å². The molecule has 2 aromatic carbocycles. The maximum Gasteiger partial charge on any atom is 0.277 e. The fourth-order valence-electron chi connectivity index (χ4n) is 3.42. The third-order valence-corrected chi connectivity index (χ3v) is 6.34. The maximum atomic E-state index is 12.4. The van der Waals surface area contributed by atoms with Crippen molar-refractivity contribution >= 4 is 40.2 Å². The van der Waals surface area contributed by atoms with Crippen LogP contribution in [0.4, 0.5) is 0 Å². The summed E-state index contributed by atoms with van der Waals surface area (Å²) in [6.45, 7) is 2.11. The molecule has 1 atom stereocenters. The minimum Gasteiger partial charge on any atom is -0.467 e. The van der Waals surface area contributed by atoms with E-state index in [-0.39, 0.29) is 5.91 Å². The summed E-state index contributed by atoms with van der Waals surface area (Å²) in [7, 11) is 0. The monoisotopic (exact) mass is 490 g/mol. The van der Waals surface area contributed by atoms with Gasteiger partial charge in [0.1, 0.15) is 5.76 Å². The van der Waals surface area contributed by atoms with E-state index >= 15 is 0 Å². The summed E-state index contributed by atoms with van der Waals surface area (Å²) < 4.78 is 11.2. The van der Waals surface area contributed by atoms with Crippen molar-refractivity contribution < 1.29 is 13.6 Å². The first-order valence-electron chi connectivity index (χ1n) is 10.5. The lowest BCUT2D eigenvalue weighted by Crippen LogP contribution is -2.30. The highest BCUT2D eigenvalue weighted by molar-refractivity contribution is 8.00. The maximum absolute atomic E-state index is 12.4. The molecular formula is C25H19ClN4O3S. The summed E-state index contributed by atoms with van der Waals surface area (Å²) in [4.78, 5) is 17.2. The number of amides is 1. The van der Waals surface area contributed by atoms with E-state index in [1.807, 2.05) is 54.6 Å². The van der Waals surface area contributed by atoms with Gasteiger partial charge in [-0.1, -0.05) is 53.7 Å². The van der Waals surface area contributed by atoms with Crippen LogP contribution in [0.15, 0.2) is 87.1 Å². The van der Waals surface area contributed by atoms with Crippen LogP contribution < -0.4 is 5.32 Å². The minimum atomic E-state index is -0.429. The number of carbonyl (C=O) groups excluding carboxylic acids is 1. The van der Waals surface area contributed by atoms with Crippen LogP contribution in [0.3, 0.4) is 0 Å². The molecule has 34 heavy (non-hydrogen) atoms. The van der Waals surface area contributed by atoms with E-state index in [1.54, 1.807) is 25.3 Å². The number of carbonyl (C=O) groups is 1. The van der Waals surface area contributed by atoms with Crippen LogP contribution in [0, 0.1) is 0 Å². The van der Waals surface area contributed by atoms with E-state index in [0.717, 1.165) is 27.7 Å². The number of pyridine rings is 1. The van der Waals surface area contributed by atoms with E-state index in [4.69, 9.17) is 25.4 Å². The van der Waals surface area contributed by atoms with Gasteiger partial charge < -0.3 is 14.2 Å². The molecule has 0 aliphatic carbocycles. The van der Waals surface area contributed by atoms with Crippen molar-refractivity contribution in [3.63, 3.8) is 0 Å². The van der Waals surface area contributed by atoms with Crippen molar-refractivity contribution in [3.8, 4) is 22.7 Å². The number of benzene rings is 2. The Morgan fingerprint density at radius 1 is 1.09 bits per heavy atom. The van der Waals surface area contributed by atoms with E-state index in [1.165, 1.54) is 11.8 Å². The van der Waals surface area contributed by atoms with Gasteiger partial charge in [0, 0.05) is 16.0 Å².